The SMILES string of the molecule is CC(Cc1ccco1)NC(=O)C(CN)c1ccccc1. The van der Waals surface area contributed by atoms with Crippen molar-refractivity contribution in [3.05, 3.63) is 60.1 Å². The number of benzene rings is 1. The van der Waals surface area contributed by atoms with Crippen molar-refractivity contribution in [1.29, 1.82) is 0 Å². The zero-order valence-electron chi connectivity index (χ0n) is 11.6. The Labute approximate surface area is 119 Å². The van der Waals surface area contributed by atoms with Gasteiger partial charge in [-0.15, -0.1) is 0 Å². The zero-order valence-corrected chi connectivity index (χ0v) is 11.6. The summed E-state index contributed by atoms with van der Waals surface area (Å²) in [7, 11) is 0. The van der Waals surface area contributed by atoms with Crippen LogP contribution in [-0.2, 0) is 11.2 Å². The van der Waals surface area contributed by atoms with Gasteiger partial charge < -0.3 is 15.5 Å². The average Bonchev–Trinajstić information content (AvgIpc) is 2.93. The Morgan fingerprint density at radius 3 is 2.60 bits per heavy atom. The Bertz CT molecular complexity index is 523. The highest BCUT2D eigenvalue weighted by Crippen LogP contribution is 2.15. The van der Waals surface area contributed by atoms with Gasteiger partial charge in [-0.25, -0.2) is 0 Å². The van der Waals surface area contributed by atoms with Crippen molar-refractivity contribution in [2.45, 2.75) is 25.3 Å². The van der Waals surface area contributed by atoms with Crippen LogP contribution in [0.1, 0.15) is 24.2 Å². The van der Waals surface area contributed by atoms with Gasteiger partial charge in [-0.2, -0.15) is 0 Å². The van der Waals surface area contributed by atoms with Crippen LogP contribution in [0.15, 0.2) is 53.1 Å². The number of furan rings is 1. The maximum Gasteiger partial charge on any atom is 0.229 e. The number of hydrogen-bond acceptors (Lipinski definition) is 3. The number of amides is 1. The highest BCUT2D eigenvalue weighted by Gasteiger charge is 2.20. The van der Waals surface area contributed by atoms with Crippen molar-refractivity contribution in [3.8, 4) is 0 Å². The third-order valence-corrected chi connectivity index (χ3v) is 3.23. The predicted molar refractivity (Wildman–Crippen MR) is 78.3 cm³/mol. The van der Waals surface area contributed by atoms with E-state index in [4.69, 9.17) is 10.2 Å². The van der Waals surface area contributed by atoms with Gasteiger partial charge in [-0.1, -0.05) is 30.3 Å². The molecular weight excluding hydrogens is 252 g/mol. The van der Waals surface area contributed by atoms with E-state index >= 15 is 0 Å². The second-order valence-corrected chi connectivity index (χ2v) is 4.89. The van der Waals surface area contributed by atoms with Gasteiger partial charge in [0.05, 0.1) is 12.2 Å². The molecule has 4 nitrogen and oxygen atoms in total. The highest BCUT2D eigenvalue weighted by atomic mass is 16.3. The average molecular weight is 272 g/mol. The van der Waals surface area contributed by atoms with E-state index < -0.39 is 0 Å². The molecule has 0 fully saturated rings. The molecule has 2 aromatic rings. The molecule has 0 spiro atoms. The Morgan fingerprint density at radius 2 is 2.00 bits per heavy atom. The number of rotatable bonds is 6. The Morgan fingerprint density at radius 1 is 1.25 bits per heavy atom. The highest BCUT2D eigenvalue weighted by molar-refractivity contribution is 5.84. The van der Waals surface area contributed by atoms with Gasteiger partial charge in [0.25, 0.3) is 0 Å². The van der Waals surface area contributed by atoms with Crippen LogP contribution < -0.4 is 11.1 Å². The molecule has 3 N–H and O–H groups in total. The molecule has 1 heterocycles. The lowest BCUT2D eigenvalue weighted by Gasteiger charge is -2.19. The molecule has 20 heavy (non-hydrogen) atoms. The Balaban J connectivity index is 1.95. The summed E-state index contributed by atoms with van der Waals surface area (Å²) < 4.78 is 5.28. The Hall–Kier alpha value is -2.07. The van der Waals surface area contributed by atoms with E-state index in [1.54, 1.807) is 6.26 Å². The first-order valence-corrected chi connectivity index (χ1v) is 6.78. The van der Waals surface area contributed by atoms with Crippen LogP contribution in [0.25, 0.3) is 0 Å². The summed E-state index contributed by atoms with van der Waals surface area (Å²) in [4.78, 5) is 12.3. The maximum absolute atomic E-state index is 12.3. The smallest absolute Gasteiger partial charge is 0.229 e. The lowest BCUT2D eigenvalue weighted by atomic mass is 9.98. The minimum Gasteiger partial charge on any atom is -0.469 e. The summed E-state index contributed by atoms with van der Waals surface area (Å²) in [5.41, 5.74) is 6.68. The van der Waals surface area contributed by atoms with Crippen molar-refractivity contribution >= 4 is 5.91 Å². The number of nitrogens with one attached hydrogen (secondary N) is 1. The van der Waals surface area contributed by atoms with Gasteiger partial charge in [-0.05, 0) is 24.6 Å². The van der Waals surface area contributed by atoms with Crippen molar-refractivity contribution in [2.75, 3.05) is 6.54 Å². The van der Waals surface area contributed by atoms with E-state index in [2.05, 4.69) is 5.32 Å². The quantitative estimate of drug-likeness (QED) is 0.846. The summed E-state index contributed by atoms with van der Waals surface area (Å²) in [5.74, 6) is 0.509. The normalized spacial score (nSPS) is 13.7. The molecule has 0 aliphatic heterocycles. The Kier molecular flexibility index (Phi) is 4.96. The van der Waals surface area contributed by atoms with E-state index in [0.717, 1.165) is 11.3 Å². The van der Waals surface area contributed by atoms with Gasteiger partial charge in [0.15, 0.2) is 0 Å². The van der Waals surface area contributed by atoms with Gasteiger partial charge in [-0.3, -0.25) is 4.79 Å². The molecule has 0 aliphatic rings. The van der Waals surface area contributed by atoms with Crippen LogP contribution in [0, 0.1) is 0 Å². The fourth-order valence-electron chi connectivity index (χ4n) is 2.20. The molecule has 0 bridgehead atoms. The van der Waals surface area contributed by atoms with E-state index in [1.807, 2.05) is 49.4 Å². The minimum atomic E-state index is -0.310. The molecule has 4 heteroatoms. The van der Waals surface area contributed by atoms with E-state index in [-0.39, 0.29) is 17.9 Å². The fourth-order valence-corrected chi connectivity index (χ4v) is 2.20. The maximum atomic E-state index is 12.3. The standard InChI is InChI=1S/C16H20N2O2/c1-12(10-14-8-5-9-20-14)18-16(19)15(11-17)13-6-3-2-4-7-13/h2-9,12,15H,10-11,17H2,1H3,(H,18,19). The van der Waals surface area contributed by atoms with E-state index in [0.29, 0.717) is 13.0 Å². The van der Waals surface area contributed by atoms with E-state index in [9.17, 15) is 4.79 Å². The molecule has 0 saturated heterocycles. The summed E-state index contributed by atoms with van der Waals surface area (Å²) in [6, 6.07) is 13.4. The molecule has 0 saturated carbocycles. The first-order valence-electron chi connectivity index (χ1n) is 6.78. The summed E-state index contributed by atoms with van der Waals surface area (Å²) in [6.45, 7) is 2.25. The summed E-state index contributed by atoms with van der Waals surface area (Å²) in [6.07, 6.45) is 2.31. The molecule has 2 unspecified atom stereocenters. The van der Waals surface area contributed by atoms with Gasteiger partial charge >= 0.3 is 0 Å². The van der Waals surface area contributed by atoms with E-state index in [1.165, 1.54) is 0 Å². The molecule has 1 aromatic carbocycles. The van der Waals surface area contributed by atoms with Crippen LogP contribution in [0.2, 0.25) is 0 Å². The molecule has 0 radical (unpaired) electrons. The van der Waals surface area contributed by atoms with Crippen LogP contribution in [0.3, 0.4) is 0 Å². The van der Waals surface area contributed by atoms with Crippen molar-refractivity contribution in [3.63, 3.8) is 0 Å². The zero-order chi connectivity index (χ0) is 14.4. The van der Waals surface area contributed by atoms with Crippen molar-refractivity contribution in [1.82, 2.24) is 5.32 Å². The van der Waals surface area contributed by atoms with Crippen LogP contribution >= 0.6 is 0 Å². The van der Waals surface area contributed by atoms with Gasteiger partial charge in [0.2, 0.25) is 5.91 Å². The summed E-state index contributed by atoms with van der Waals surface area (Å²) in [5, 5.41) is 2.99. The molecular formula is C16H20N2O2. The van der Waals surface area contributed by atoms with Crippen LogP contribution in [-0.4, -0.2) is 18.5 Å². The monoisotopic (exact) mass is 272 g/mol. The molecule has 2 rings (SSSR count). The number of hydrogen-bond donors (Lipinski definition) is 2. The van der Waals surface area contributed by atoms with Crippen LogP contribution in [0.5, 0.6) is 0 Å². The molecule has 2 atom stereocenters. The molecule has 106 valence electrons. The molecule has 1 aromatic heterocycles. The first-order chi connectivity index (χ1) is 9.70. The summed E-state index contributed by atoms with van der Waals surface area (Å²) >= 11 is 0. The predicted octanol–water partition coefficient (Wildman–Crippen LogP) is 2.07. The largest absolute Gasteiger partial charge is 0.469 e. The topological polar surface area (TPSA) is 68.3 Å². The lowest BCUT2D eigenvalue weighted by molar-refractivity contribution is -0.122. The minimum absolute atomic E-state index is 0.00594. The first kappa shape index (κ1) is 14.3. The second-order valence-electron chi connectivity index (χ2n) is 4.89. The van der Waals surface area contributed by atoms with Gasteiger partial charge in [0.1, 0.15) is 5.76 Å². The fraction of sp³-hybridized carbons (Fsp3) is 0.312. The lowest BCUT2D eigenvalue weighted by Crippen LogP contribution is -2.39. The number of carbonyl (C=O) groups is 1. The molecule has 0 aliphatic carbocycles. The second kappa shape index (κ2) is 6.91. The number of carbonyl (C=O) groups excluding carboxylic acids is 1. The van der Waals surface area contributed by atoms with Gasteiger partial charge in [0, 0.05) is 19.0 Å². The third kappa shape index (κ3) is 3.71. The third-order valence-electron chi connectivity index (χ3n) is 3.23. The van der Waals surface area contributed by atoms with Crippen molar-refractivity contribution in [2.24, 2.45) is 5.73 Å². The van der Waals surface area contributed by atoms with Crippen molar-refractivity contribution < 1.29 is 9.21 Å². The molecule has 1 amide bonds. The number of nitrogens with two attached hydrogens (primary N) is 1. The van der Waals surface area contributed by atoms with Crippen LogP contribution in [0.4, 0.5) is 0 Å².